The maximum absolute atomic E-state index is 15.1. The highest BCUT2D eigenvalue weighted by Gasteiger charge is 2.52. The quantitative estimate of drug-likeness (QED) is 0.822. The number of carboxylic acids is 1. The predicted octanol–water partition coefficient (Wildman–Crippen LogP) is 1.68. The number of piperazine rings is 1. The average molecular weight is 373 g/mol. The molecule has 142 valence electrons. The first kappa shape index (κ1) is 16.6. The summed E-state index contributed by atoms with van der Waals surface area (Å²) in [6.07, 6.45) is 3.17. The smallest absolute Gasteiger partial charge is 0.341 e. The second-order valence-corrected chi connectivity index (χ2v) is 7.66. The normalized spacial score (nSPS) is 26.3. The minimum Gasteiger partial charge on any atom is -0.492 e. The predicted molar refractivity (Wildman–Crippen MR) is 97.5 cm³/mol. The van der Waals surface area contributed by atoms with Crippen LogP contribution in [-0.4, -0.2) is 59.9 Å². The highest BCUT2D eigenvalue weighted by atomic mass is 19.1. The van der Waals surface area contributed by atoms with Gasteiger partial charge in [-0.1, -0.05) is 0 Å². The minimum atomic E-state index is -1.30. The van der Waals surface area contributed by atoms with Crippen LogP contribution in [0.1, 0.15) is 29.2 Å². The summed E-state index contributed by atoms with van der Waals surface area (Å²) in [5, 5.41) is 9.44. The van der Waals surface area contributed by atoms with Crippen molar-refractivity contribution in [2.24, 2.45) is 0 Å². The fourth-order valence-corrected chi connectivity index (χ4v) is 4.41. The third-order valence-corrected chi connectivity index (χ3v) is 6.10. The largest absolute Gasteiger partial charge is 0.492 e. The van der Waals surface area contributed by atoms with E-state index in [-0.39, 0.29) is 17.0 Å². The molecule has 3 heterocycles. The van der Waals surface area contributed by atoms with Gasteiger partial charge in [0, 0.05) is 37.4 Å². The molecule has 0 amide bonds. The van der Waals surface area contributed by atoms with Crippen LogP contribution in [0.25, 0.3) is 10.9 Å². The van der Waals surface area contributed by atoms with Crippen LogP contribution >= 0.6 is 0 Å². The Morgan fingerprint density at radius 1 is 1.30 bits per heavy atom. The summed E-state index contributed by atoms with van der Waals surface area (Å²) < 4.78 is 22.5. The molecule has 0 radical (unpaired) electrons. The molecule has 2 saturated heterocycles. The van der Waals surface area contributed by atoms with Gasteiger partial charge in [-0.05, 0) is 26.0 Å². The Morgan fingerprint density at radius 3 is 2.52 bits per heavy atom. The number of carboxylic acid groups (broad SMARTS) is 1. The van der Waals surface area contributed by atoms with Crippen LogP contribution in [0.5, 0.6) is 5.75 Å². The summed E-state index contributed by atoms with van der Waals surface area (Å²) in [4.78, 5) is 28.4. The number of pyridine rings is 1. The molecule has 7 nitrogen and oxygen atoms in total. The molecule has 3 fully saturated rings. The van der Waals surface area contributed by atoms with Crippen LogP contribution < -0.4 is 15.1 Å². The third kappa shape index (κ3) is 2.29. The van der Waals surface area contributed by atoms with Gasteiger partial charge in [-0.2, -0.15) is 0 Å². The first-order chi connectivity index (χ1) is 12.9. The summed E-state index contributed by atoms with van der Waals surface area (Å²) in [7, 11) is 3.52. The van der Waals surface area contributed by atoms with Gasteiger partial charge in [-0.3, -0.25) is 9.69 Å². The summed E-state index contributed by atoms with van der Waals surface area (Å²) in [5.74, 6) is -1.54. The third-order valence-electron chi connectivity index (χ3n) is 6.10. The summed E-state index contributed by atoms with van der Waals surface area (Å²) in [6.45, 7) is 1.42. The number of hydrogen-bond acceptors (Lipinski definition) is 5. The van der Waals surface area contributed by atoms with Crippen molar-refractivity contribution in [2.75, 3.05) is 32.1 Å². The Labute approximate surface area is 154 Å². The first-order valence-electron chi connectivity index (χ1n) is 9.08. The molecule has 1 N–H and O–H groups in total. The van der Waals surface area contributed by atoms with E-state index in [0.717, 1.165) is 12.8 Å². The lowest BCUT2D eigenvalue weighted by atomic mass is 10.1. The lowest BCUT2D eigenvalue weighted by Crippen LogP contribution is -2.29. The number of aromatic carboxylic acids is 1. The van der Waals surface area contributed by atoms with Crippen LogP contribution in [-0.2, 0) is 0 Å². The van der Waals surface area contributed by atoms with E-state index in [2.05, 4.69) is 11.9 Å². The molecule has 1 aromatic heterocycles. The van der Waals surface area contributed by atoms with Gasteiger partial charge in [0.05, 0.1) is 18.0 Å². The number of halogens is 1. The number of aromatic nitrogens is 1. The Bertz CT molecular complexity index is 1030. The number of methoxy groups -OCH3 is 1. The zero-order valence-electron chi connectivity index (χ0n) is 15.1. The van der Waals surface area contributed by atoms with E-state index in [9.17, 15) is 14.7 Å². The van der Waals surface area contributed by atoms with Gasteiger partial charge in [-0.15, -0.1) is 0 Å². The van der Waals surface area contributed by atoms with Crippen LogP contribution in [0.3, 0.4) is 0 Å². The Morgan fingerprint density at radius 2 is 1.96 bits per heavy atom. The van der Waals surface area contributed by atoms with Crippen molar-refractivity contribution in [1.82, 2.24) is 9.47 Å². The number of benzene rings is 1. The molecule has 0 bridgehead atoms. The summed E-state index contributed by atoms with van der Waals surface area (Å²) in [6, 6.07) is 2.13. The standard InChI is InChI=1S/C19H20FN3O4/c1-21-13-7-22(8-14(13)21)16-12(20)5-10-15(18(16)27-2)23(9-3-4-9)6-11(17(10)24)19(25)26/h5-6,9,13-14H,3-4,7-8H2,1-2H3,(H,25,26). The molecule has 2 atom stereocenters. The van der Waals surface area contributed by atoms with Gasteiger partial charge in [0.25, 0.3) is 0 Å². The topological polar surface area (TPSA) is 74.8 Å². The summed E-state index contributed by atoms with van der Waals surface area (Å²) >= 11 is 0. The Hall–Kier alpha value is -2.61. The highest BCUT2D eigenvalue weighted by Crippen LogP contribution is 2.46. The van der Waals surface area contributed by atoms with Crippen LogP contribution in [0.15, 0.2) is 17.1 Å². The molecular formula is C19H20FN3O4. The second-order valence-electron chi connectivity index (χ2n) is 7.66. The molecule has 0 spiro atoms. The van der Waals surface area contributed by atoms with E-state index < -0.39 is 17.2 Å². The van der Waals surface area contributed by atoms with E-state index in [0.29, 0.717) is 42.1 Å². The number of likely N-dealkylation sites (N-methyl/N-ethyl adjacent to an activating group) is 1. The van der Waals surface area contributed by atoms with Gasteiger partial charge >= 0.3 is 5.97 Å². The SMILES string of the molecule is COc1c(N2CC3C(C2)N3C)c(F)cc2c(=O)c(C(=O)O)cn(C3CC3)c12. The van der Waals surface area contributed by atoms with Crippen molar-refractivity contribution in [3.8, 4) is 5.75 Å². The van der Waals surface area contributed by atoms with E-state index in [1.165, 1.54) is 19.4 Å². The number of carbonyl (C=O) groups is 1. The monoisotopic (exact) mass is 373 g/mol. The number of nitrogens with zero attached hydrogens (tertiary/aromatic N) is 3. The van der Waals surface area contributed by atoms with E-state index in [1.54, 1.807) is 4.57 Å². The van der Waals surface area contributed by atoms with Crippen molar-refractivity contribution in [3.63, 3.8) is 0 Å². The highest BCUT2D eigenvalue weighted by molar-refractivity contribution is 5.97. The number of anilines is 1. The second kappa shape index (κ2) is 5.45. The molecule has 5 rings (SSSR count). The van der Waals surface area contributed by atoms with Crippen LogP contribution in [0.2, 0.25) is 0 Å². The number of fused-ring (bicyclic) bond motifs is 2. The molecule has 2 aliphatic heterocycles. The molecule has 2 aromatic rings. The molecule has 3 aliphatic rings. The van der Waals surface area contributed by atoms with E-state index in [4.69, 9.17) is 4.74 Å². The fraction of sp³-hybridized carbons (Fsp3) is 0.474. The zero-order valence-corrected chi connectivity index (χ0v) is 15.1. The lowest BCUT2D eigenvalue weighted by molar-refractivity contribution is 0.0695. The molecule has 8 heteroatoms. The number of hydrogen-bond donors (Lipinski definition) is 1. The van der Waals surface area contributed by atoms with Crippen molar-refractivity contribution in [2.45, 2.75) is 31.0 Å². The zero-order chi connectivity index (χ0) is 19.0. The van der Waals surface area contributed by atoms with E-state index >= 15 is 4.39 Å². The van der Waals surface area contributed by atoms with Gasteiger partial charge in [0.1, 0.15) is 11.3 Å². The average Bonchev–Trinajstić information content (AvgIpc) is 3.52. The van der Waals surface area contributed by atoms with Crippen LogP contribution in [0.4, 0.5) is 10.1 Å². The van der Waals surface area contributed by atoms with Crippen LogP contribution in [0, 0.1) is 5.82 Å². The minimum absolute atomic E-state index is 0.0568. The van der Waals surface area contributed by atoms with Gasteiger partial charge < -0.3 is 19.3 Å². The lowest BCUT2D eigenvalue weighted by Gasteiger charge is -2.26. The molecule has 1 aromatic carbocycles. The first-order valence-corrected chi connectivity index (χ1v) is 9.08. The number of rotatable bonds is 4. The van der Waals surface area contributed by atoms with Gasteiger partial charge in [-0.25, -0.2) is 9.18 Å². The van der Waals surface area contributed by atoms with Gasteiger partial charge in [0.2, 0.25) is 5.43 Å². The van der Waals surface area contributed by atoms with Crippen molar-refractivity contribution in [3.05, 3.63) is 33.9 Å². The van der Waals surface area contributed by atoms with Crippen molar-refractivity contribution < 1.29 is 19.0 Å². The van der Waals surface area contributed by atoms with Gasteiger partial charge in [0.15, 0.2) is 11.6 Å². The molecule has 1 aliphatic carbocycles. The Balaban J connectivity index is 1.77. The molecule has 27 heavy (non-hydrogen) atoms. The molecule has 1 saturated carbocycles. The van der Waals surface area contributed by atoms with E-state index in [1.807, 2.05) is 4.90 Å². The van der Waals surface area contributed by atoms with Crippen molar-refractivity contribution in [1.29, 1.82) is 0 Å². The maximum Gasteiger partial charge on any atom is 0.341 e. The molecular weight excluding hydrogens is 353 g/mol. The fourth-order valence-electron chi connectivity index (χ4n) is 4.41. The summed E-state index contributed by atoms with van der Waals surface area (Å²) in [5.41, 5.74) is -0.169. The van der Waals surface area contributed by atoms with Crippen molar-refractivity contribution >= 4 is 22.6 Å². The molecule has 2 unspecified atom stereocenters. The number of ether oxygens (including phenoxy) is 1. The Kier molecular flexibility index (Phi) is 3.34. The maximum atomic E-state index is 15.1.